The van der Waals surface area contributed by atoms with Gasteiger partial charge < -0.3 is 10.4 Å². The number of aromatic carboxylic acids is 1. The Bertz CT molecular complexity index is 750. The van der Waals surface area contributed by atoms with Gasteiger partial charge in [0.25, 0.3) is 5.91 Å². The molecule has 1 aromatic heterocycles. The van der Waals surface area contributed by atoms with Crippen molar-refractivity contribution in [1.82, 2.24) is 15.1 Å². The SMILES string of the molecule is CC[C@H](C)c1ccc([C@@H](CC)NC(=O)c2c(C(=O)O)cnn2C)cc1. The zero-order valence-corrected chi connectivity index (χ0v) is 15.1. The van der Waals surface area contributed by atoms with Crippen LogP contribution >= 0.6 is 0 Å². The van der Waals surface area contributed by atoms with E-state index in [4.69, 9.17) is 0 Å². The summed E-state index contributed by atoms with van der Waals surface area (Å²) in [5.74, 6) is -1.10. The van der Waals surface area contributed by atoms with Gasteiger partial charge in [0.1, 0.15) is 11.3 Å². The lowest BCUT2D eigenvalue weighted by molar-refractivity contribution is 0.0690. The lowest BCUT2D eigenvalue weighted by Crippen LogP contribution is -2.31. The third-order valence-electron chi connectivity index (χ3n) is 4.62. The van der Waals surface area contributed by atoms with Crippen LogP contribution in [-0.2, 0) is 7.05 Å². The molecule has 2 atom stereocenters. The van der Waals surface area contributed by atoms with E-state index in [-0.39, 0.29) is 17.3 Å². The van der Waals surface area contributed by atoms with Crippen LogP contribution in [0.15, 0.2) is 30.5 Å². The van der Waals surface area contributed by atoms with Crippen molar-refractivity contribution in [2.45, 2.75) is 45.6 Å². The van der Waals surface area contributed by atoms with Crippen molar-refractivity contribution in [3.8, 4) is 0 Å². The maximum absolute atomic E-state index is 12.6. The number of aryl methyl sites for hydroxylation is 1. The van der Waals surface area contributed by atoms with Crippen LogP contribution in [0.5, 0.6) is 0 Å². The van der Waals surface area contributed by atoms with Gasteiger partial charge in [0.2, 0.25) is 0 Å². The van der Waals surface area contributed by atoms with Crippen LogP contribution in [0.1, 0.15) is 77.5 Å². The van der Waals surface area contributed by atoms with Crippen molar-refractivity contribution < 1.29 is 14.7 Å². The highest BCUT2D eigenvalue weighted by atomic mass is 16.4. The maximum Gasteiger partial charge on any atom is 0.339 e. The molecule has 0 bridgehead atoms. The van der Waals surface area contributed by atoms with E-state index in [1.54, 1.807) is 7.05 Å². The lowest BCUT2D eigenvalue weighted by atomic mass is 9.95. The number of benzene rings is 1. The summed E-state index contributed by atoms with van der Waals surface area (Å²) in [5, 5.41) is 16.0. The molecule has 0 saturated heterocycles. The summed E-state index contributed by atoms with van der Waals surface area (Å²) < 4.78 is 1.29. The molecule has 134 valence electrons. The van der Waals surface area contributed by atoms with Crippen molar-refractivity contribution in [2.24, 2.45) is 7.05 Å². The molecule has 0 fully saturated rings. The topological polar surface area (TPSA) is 84.2 Å². The summed E-state index contributed by atoms with van der Waals surface area (Å²) >= 11 is 0. The van der Waals surface area contributed by atoms with E-state index in [1.807, 2.05) is 19.1 Å². The van der Waals surface area contributed by atoms with Crippen LogP contribution in [0.25, 0.3) is 0 Å². The molecule has 6 nitrogen and oxygen atoms in total. The molecule has 6 heteroatoms. The van der Waals surface area contributed by atoms with Crippen molar-refractivity contribution in [2.75, 3.05) is 0 Å². The molecule has 0 unspecified atom stereocenters. The van der Waals surface area contributed by atoms with Crippen LogP contribution in [0.3, 0.4) is 0 Å². The van der Waals surface area contributed by atoms with Crippen LogP contribution in [0.2, 0.25) is 0 Å². The minimum absolute atomic E-state index is 0.0576. The fraction of sp³-hybridized carbons (Fsp3) is 0.421. The van der Waals surface area contributed by atoms with Gasteiger partial charge in [0, 0.05) is 7.05 Å². The zero-order chi connectivity index (χ0) is 18.6. The van der Waals surface area contributed by atoms with Gasteiger partial charge in [-0.2, -0.15) is 5.10 Å². The molecule has 1 aromatic carbocycles. The minimum Gasteiger partial charge on any atom is -0.478 e. The summed E-state index contributed by atoms with van der Waals surface area (Å²) in [6, 6.07) is 8.04. The summed E-state index contributed by atoms with van der Waals surface area (Å²) in [6.45, 7) is 6.32. The smallest absolute Gasteiger partial charge is 0.339 e. The predicted octanol–water partition coefficient (Wildman–Crippen LogP) is 3.51. The quantitative estimate of drug-likeness (QED) is 0.806. The van der Waals surface area contributed by atoms with Crippen LogP contribution in [0, 0.1) is 0 Å². The molecule has 1 amide bonds. The molecule has 2 N–H and O–H groups in total. The number of nitrogens with one attached hydrogen (secondary N) is 1. The van der Waals surface area contributed by atoms with E-state index in [2.05, 4.69) is 36.4 Å². The van der Waals surface area contributed by atoms with Crippen molar-refractivity contribution in [3.63, 3.8) is 0 Å². The summed E-state index contributed by atoms with van der Waals surface area (Å²) in [5.41, 5.74) is 2.23. The fourth-order valence-electron chi connectivity index (χ4n) is 2.80. The molecular weight excluding hydrogens is 318 g/mol. The Hall–Kier alpha value is -2.63. The molecule has 0 radical (unpaired) electrons. The van der Waals surface area contributed by atoms with Gasteiger partial charge in [0.15, 0.2) is 0 Å². The highest BCUT2D eigenvalue weighted by Gasteiger charge is 2.23. The van der Waals surface area contributed by atoms with E-state index < -0.39 is 11.9 Å². The third kappa shape index (κ3) is 4.07. The molecule has 0 aliphatic carbocycles. The third-order valence-corrected chi connectivity index (χ3v) is 4.62. The fourth-order valence-corrected chi connectivity index (χ4v) is 2.80. The van der Waals surface area contributed by atoms with Gasteiger partial charge in [-0.05, 0) is 29.9 Å². The molecule has 25 heavy (non-hydrogen) atoms. The standard InChI is InChI=1S/C19H25N3O3/c1-5-12(3)13-7-9-14(10-8-13)16(6-2)21-18(23)17-15(19(24)25)11-20-22(17)4/h7-12,16H,5-6H2,1-4H3,(H,21,23)(H,24,25)/t12-,16+/m0/s1. The van der Waals surface area contributed by atoms with Gasteiger partial charge in [-0.1, -0.05) is 45.0 Å². The average Bonchev–Trinajstić information content (AvgIpc) is 3.01. The molecule has 0 spiro atoms. The van der Waals surface area contributed by atoms with Crippen LogP contribution < -0.4 is 5.32 Å². The predicted molar refractivity (Wildman–Crippen MR) is 95.8 cm³/mol. The number of carbonyl (C=O) groups is 2. The van der Waals surface area contributed by atoms with Crippen molar-refractivity contribution >= 4 is 11.9 Å². The number of rotatable bonds is 7. The van der Waals surface area contributed by atoms with E-state index in [9.17, 15) is 14.7 Å². The van der Waals surface area contributed by atoms with Gasteiger partial charge in [-0.3, -0.25) is 9.48 Å². The first-order valence-corrected chi connectivity index (χ1v) is 8.55. The Morgan fingerprint density at radius 3 is 2.28 bits per heavy atom. The maximum atomic E-state index is 12.6. The first-order valence-electron chi connectivity index (χ1n) is 8.55. The molecule has 0 saturated carbocycles. The van der Waals surface area contributed by atoms with Crippen LogP contribution in [-0.4, -0.2) is 26.8 Å². The number of carbonyl (C=O) groups excluding carboxylic acids is 1. The summed E-state index contributed by atoms with van der Waals surface area (Å²) in [7, 11) is 1.56. The minimum atomic E-state index is -1.16. The Labute approximate surface area is 147 Å². The molecule has 2 aromatic rings. The Morgan fingerprint density at radius 1 is 1.16 bits per heavy atom. The Kier molecular flexibility index (Phi) is 5.96. The van der Waals surface area contributed by atoms with Gasteiger partial charge in [0.05, 0.1) is 12.2 Å². The highest BCUT2D eigenvalue weighted by molar-refractivity contribution is 6.03. The molecular formula is C19H25N3O3. The normalized spacial score (nSPS) is 13.3. The lowest BCUT2D eigenvalue weighted by Gasteiger charge is -2.19. The number of amides is 1. The van der Waals surface area contributed by atoms with Gasteiger partial charge >= 0.3 is 5.97 Å². The zero-order valence-electron chi connectivity index (χ0n) is 15.1. The van der Waals surface area contributed by atoms with Crippen molar-refractivity contribution in [3.05, 3.63) is 52.8 Å². The second-order valence-electron chi connectivity index (χ2n) is 6.25. The average molecular weight is 343 g/mol. The van der Waals surface area contributed by atoms with E-state index in [1.165, 1.54) is 16.4 Å². The molecule has 1 heterocycles. The first-order chi connectivity index (χ1) is 11.9. The van der Waals surface area contributed by atoms with Crippen molar-refractivity contribution in [1.29, 1.82) is 0 Å². The second-order valence-corrected chi connectivity index (χ2v) is 6.25. The number of carboxylic acids is 1. The molecule has 0 aliphatic heterocycles. The number of nitrogens with zero attached hydrogens (tertiary/aromatic N) is 2. The van der Waals surface area contributed by atoms with Gasteiger partial charge in [-0.25, -0.2) is 4.79 Å². The van der Waals surface area contributed by atoms with Gasteiger partial charge in [-0.15, -0.1) is 0 Å². The first kappa shape index (κ1) is 18.7. The monoisotopic (exact) mass is 343 g/mol. The molecule has 2 rings (SSSR count). The van der Waals surface area contributed by atoms with Crippen LogP contribution in [0.4, 0.5) is 0 Å². The number of hydrogen-bond donors (Lipinski definition) is 2. The summed E-state index contributed by atoms with van der Waals surface area (Å²) in [6.07, 6.45) is 2.97. The van der Waals surface area contributed by atoms with E-state index >= 15 is 0 Å². The molecule has 0 aliphatic rings. The number of aromatic nitrogens is 2. The largest absolute Gasteiger partial charge is 0.478 e. The van der Waals surface area contributed by atoms with E-state index in [0.29, 0.717) is 12.3 Å². The Morgan fingerprint density at radius 2 is 1.76 bits per heavy atom. The Balaban J connectivity index is 2.21. The van der Waals surface area contributed by atoms with E-state index in [0.717, 1.165) is 12.0 Å². The number of carboxylic acid groups (broad SMARTS) is 1. The summed E-state index contributed by atoms with van der Waals surface area (Å²) in [4.78, 5) is 23.8. The second kappa shape index (κ2) is 7.96. The number of hydrogen-bond acceptors (Lipinski definition) is 3. The highest BCUT2D eigenvalue weighted by Crippen LogP contribution is 2.23.